The number of hydrogen-bond acceptors (Lipinski definition) is 6. The average Bonchev–Trinajstić information content (AvgIpc) is 3.33. The second kappa shape index (κ2) is 12.7. The number of carbonyl (C=O) groups is 4. The van der Waals surface area contributed by atoms with Crippen LogP contribution in [0.4, 0.5) is 5.69 Å². The molecule has 2 N–H and O–H groups in total. The van der Waals surface area contributed by atoms with Crippen LogP contribution >= 0.6 is 0 Å². The van der Waals surface area contributed by atoms with E-state index in [4.69, 9.17) is 9.47 Å². The minimum Gasteiger partial charge on any atom is -0.497 e. The van der Waals surface area contributed by atoms with E-state index in [-0.39, 0.29) is 31.2 Å². The number of nitrogens with zero attached hydrogens (tertiary/aromatic N) is 1. The van der Waals surface area contributed by atoms with Gasteiger partial charge in [0, 0.05) is 30.6 Å². The number of esters is 1. The molecule has 39 heavy (non-hydrogen) atoms. The van der Waals surface area contributed by atoms with Gasteiger partial charge in [-0.05, 0) is 53.9 Å². The van der Waals surface area contributed by atoms with Gasteiger partial charge in [-0.1, -0.05) is 42.5 Å². The molecule has 9 nitrogen and oxygen atoms in total. The van der Waals surface area contributed by atoms with Gasteiger partial charge in [-0.2, -0.15) is 0 Å². The van der Waals surface area contributed by atoms with Crippen LogP contribution in [0.3, 0.4) is 0 Å². The molecule has 3 amide bonds. The Balaban J connectivity index is 1.40. The van der Waals surface area contributed by atoms with Gasteiger partial charge in [-0.3, -0.25) is 14.4 Å². The highest BCUT2D eigenvalue weighted by atomic mass is 16.5. The van der Waals surface area contributed by atoms with Crippen LogP contribution in [-0.2, 0) is 32.1 Å². The topological polar surface area (TPSA) is 114 Å². The van der Waals surface area contributed by atoms with Gasteiger partial charge in [-0.15, -0.1) is 0 Å². The standard InChI is InChI=1S/C30H31N3O6/c1-38-24-14-10-21(11-15-24)19-33-26(16-17-27(33)34)29(36)32-25(30(37)39-2)18-20-8-12-23(13-9-20)31-28(35)22-6-4-3-5-7-22/h3-15,25-26H,16-19H2,1-2H3,(H,31,35)(H,32,36)/t25-,26-/m0/s1. The molecule has 0 saturated carbocycles. The number of benzene rings is 3. The van der Waals surface area contributed by atoms with Crippen LogP contribution in [0, 0.1) is 0 Å². The maximum Gasteiger partial charge on any atom is 0.328 e. The summed E-state index contributed by atoms with van der Waals surface area (Å²) in [4.78, 5) is 52.3. The van der Waals surface area contributed by atoms with Crippen LogP contribution in [0.2, 0.25) is 0 Å². The Hall–Kier alpha value is -4.66. The van der Waals surface area contributed by atoms with Crippen molar-refractivity contribution < 1.29 is 28.7 Å². The number of ether oxygens (including phenoxy) is 2. The number of hydrogen-bond donors (Lipinski definition) is 2. The van der Waals surface area contributed by atoms with E-state index in [9.17, 15) is 19.2 Å². The summed E-state index contributed by atoms with van der Waals surface area (Å²) in [5.74, 6) is -0.636. The predicted octanol–water partition coefficient (Wildman–Crippen LogP) is 3.34. The van der Waals surface area contributed by atoms with Crippen molar-refractivity contribution in [2.45, 2.75) is 37.9 Å². The highest BCUT2D eigenvalue weighted by Gasteiger charge is 2.37. The summed E-state index contributed by atoms with van der Waals surface area (Å²) in [7, 11) is 2.84. The lowest BCUT2D eigenvalue weighted by Gasteiger charge is -2.26. The molecule has 3 aromatic carbocycles. The maximum absolute atomic E-state index is 13.2. The molecule has 0 radical (unpaired) electrons. The number of rotatable bonds is 10. The largest absolute Gasteiger partial charge is 0.497 e. The third-order valence-corrected chi connectivity index (χ3v) is 6.63. The Morgan fingerprint density at radius 2 is 1.59 bits per heavy atom. The predicted molar refractivity (Wildman–Crippen MR) is 145 cm³/mol. The van der Waals surface area contributed by atoms with E-state index < -0.39 is 24.0 Å². The Kier molecular flexibility index (Phi) is 8.94. The van der Waals surface area contributed by atoms with Crippen molar-refractivity contribution in [1.82, 2.24) is 10.2 Å². The lowest BCUT2D eigenvalue weighted by atomic mass is 10.0. The highest BCUT2D eigenvalue weighted by molar-refractivity contribution is 6.04. The van der Waals surface area contributed by atoms with Crippen LogP contribution in [0.5, 0.6) is 5.75 Å². The Labute approximate surface area is 227 Å². The third-order valence-electron chi connectivity index (χ3n) is 6.63. The molecule has 0 aromatic heterocycles. The first kappa shape index (κ1) is 27.4. The molecule has 1 fully saturated rings. The zero-order valence-corrected chi connectivity index (χ0v) is 21.9. The van der Waals surface area contributed by atoms with Crippen molar-refractivity contribution in [3.8, 4) is 5.75 Å². The zero-order chi connectivity index (χ0) is 27.8. The maximum atomic E-state index is 13.2. The summed E-state index contributed by atoms with van der Waals surface area (Å²) in [6, 6.07) is 21.6. The molecular formula is C30H31N3O6. The fraction of sp³-hybridized carbons (Fsp3) is 0.267. The molecule has 4 rings (SSSR count). The van der Waals surface area contributed by atoms with Crippen molar-refractivity contribution in [3.63, 3.8) is 0 Å². The van der Waals surface area contributed by atoms with Gasteiger partial charge in [0.2, 0.25) is 11.8 Å². The first-order valence-corrected chi connectivity index (χ1v) is 12.6. The normalized spacial score (nSPS) is 15.4. The first-order chi connectivity index (χ1) is 18.9. The number of methoxy groups -OCH3 is 2. The van der Waals surface area contributed by atoms with Crippen LogP contribution < -0.4 is 15.4 Å². The molecule has 0 aliphatic carbocycles. The van der Waals surface area contributed by atoms with Gasteiger partial charge < -0.3 is 25.0 Å². The molecule has 2 atom stereocenters. The molecule has 9 heteroatoms. The molecule has 1 aliphatic rings. The SMILES string of the molecule is COC(=O)[C@H](Cc1ccc(NC(=O)c2ccccc2)cc1)NC(=O)[C@@H]1CCC(=O)N1Cc1ccc(OC)cc1. The van der Waals surface area contributed by atoms with Crippen LogP contribution in [0.1, 0.15) is 34.3 Å². The summed E-state index contributed by atoms with van der Waals surface area (Å²) in [5.41, 5.74) is 2.78. The summed E-state index contributed by atoms with van der Waals surface area (Å²) in [5, 5.41) is 5.62. The number of likely N-dealkylation sites (tertiary alicyclic amines) is 1. The van der Waals surface area contributed by atoms with Gasteiger partial charge in [0.05, 0.1) is 14.2 Å². The lowest BCUT2D eigenvalue weighted by molar-refractivity contribution is -0.146. The molecule has 1 saturated heterocycles. The van der Waals surface area contributed by atoms with Crippen LogP contribution in [-0.4, -0.2) is 54.9 Å². The second-order valence-electron chi connectivity index (χ2n) is 9.23. The summed E-state index contributed by atoms with van der Waals surface area (Å²) in [6.07, 6.45) is 0.808. The molecule has 0 spiro atoms. The van der Waals surface area contributed by atoms with Gasteiger partial charge in [0.1, 0.15) is 17.8 Å². The van der Waals surface area contributed by atoms with Crippen LogP contribution in [0.25, 0.3) is 0 Å². The summed E-state index contributed by atoms with van der Waals surface area (Å²) >= 11 is 0. The van der Waals surface area contributed by atoms with Gasteiger partial charge >= 0.3 is 5.97 Å². The number of amides is 3. The zero-order valence-electron chi connectivity index (χ0n) is 21.9. The minimum atomic E-state index is -0.939. The Morgan fingerprint density at radius 3 is 2.23 bits per heavy atom. The number of nitrogens with one attached hydrogen (secondary N) is 2. The van der Waals surface area contributed by atoms with Crippen molar-refractivity contribution in [1.29, 1.82) is 0 Å². The first-order valence-electron chi connectivity index (χ1n) is 12.6. The fourth-order valence-corrected chi connectivity index (χ4v) is 4.49. The number of anilines is 1. The van der Waals surface area contributed by atoms with Crippen molar-refractivity contribution >= 4 is 29.4 Å². The van der Waals surface area contributed by atoms with Crippen molar-refractivity contribution in [3.05, 3.63) is 95.6 Å². The van der Waals surface area contributed by atoms with Gasteiger partial charge in [0.25, 0.3) is 5.91 Å². The fourth-order valence-electron chi connectivity index (χ4n) is 4.49. The van der Waals surface area contributed by atoms with E-state index in [1.54, 1.807) is 67.8 Å². The van der Waals surface area contributed by atoms with Gasteiger partial charge in [-0.25, -0.2) is 4.79 Å². The van der Waals surface area contributed by atoms with E-state index in [2.05, 4.69) is 10.6 Å². The second-order valence-corrected chi connectivity index (χ2v) is 9.23. The molecular weight excluding hydrogens is 498 g/mol. The van der Waals surface area contributed by atoms with Crippen molar-refractivity contribution in [2.24, 2.45) is 0 Å². The Morgan fingerprint density at radius 1 is 0.923 bits per heavy atom. The van der Waals surface area contributed by atoms with E-state index in [1.165, 1.54) is 12.0 Å². The summed E-state index contributed by atoms with van der Waals surface area (Å²) < 4.78 is 10.1. The highest BCUT2D eigenvalue weighted by Crippen LogP contribution is 2.23. The number of carbonyl (C=O) groups excluding carboxylic acids is 4. The molecule has 1 aliphatic heterocycles. The smallest absolute Gasteiger partial charge is 0.328 e. The third kappa shape index (κ3) is 7.01. The quantitative estimate of drug-likeness (QED) is 0.390. The lowest BCUT2D eigenvalue weighted by Crippen LogP contribution is -2.51. The average molecular weight is 530 g/mol. The van der Waals surface area contributed by atoms with E-state index in [0.717, 1.165) is 11.1 Å². The summed E-state index contributed by atoms with van der Waals surface area (Å²) in [6.45, 7) is 0.278. The van der Waals surface area contributed by atoms with Gasteiger partial charge in [0.15, 0.2) is 0 Å². The van der Waals surface area contributed by atoms with Crippen LogP contribution in [0.15, 0.2) is 78.9 Å². The molecule has 1 heterocycles. The van der Waals surface area contributed by atoms with E-state index >= 15 is 0 Å². The molecule has 0 unspecified atom stereocenters. The molecule has 202 valence electrons. The van der Waals surface area contributed by atoms with E-state index in [0.29, 0.717) is 23.4 Å². The van der Waals surface area contributed by atoms with E-state index in [1.807, 2.05) is 18.2 Å². The molecule has 3 aromatic rings. The van der Waals surface area contributed by atoms with Crippen molar-refractivity contribution in [2.75, 3.05) is 19.5 Å². The minimum absolute atomic E-state index is 0.117. The molecule has 0 bridgehead atoms. The Bertz CT molecular complexity index is 1310. The monoisotopic (exact) mass is 529 g/mol.